The number of benzene rings is 4. The van der Waals surface area contributed by atoms with Crippen LogP contribution >= 0.6 is 0 Å². The summed E-state index contributed by atoms with van der Waals surface area (Å²) in [4.78, 5) is 30.1. The molecule has 8 nitrogen and oxygen atoms in total. The number of hydrogen-bond donors (Lipinski definition) is 1. The first-order valence-corrected chi connectivity index (χ1v) is 16.7. The molecule has 0 saturated carbocycles. The molecule has 4 rings (SSSR count). The second kappa shape index (κ2) is 14.6. The molecule has 0 aliphatic rings. The van der Waals surface area contributed by atoms with Gasteiger partial charge in [-0.1, -0.05) is 77.9 Å². The Morgan fingerprint density at radius 1 is 0.804 bits per heavy atom. The minimum absolute atomic E-state index is 0.0530. The van der Waals surface area contributed by atoms with E-state index in [1.54, 1.807) is 61.7 Å². The lowest BCUT2D eigenvalue weighted by Gasteiger charge is -2.35. The summed E-state index contributed by atoms with van der Waals surface area (Å²) in [6.07, 6.45) is 0.230. The van der Waals surface area contributed by atoms with Gasteiger partial charge in [0.25, 0.3) is 10.0 Å². The summed E-state index contributed by atoms with van der Waals surface area (Å²) in [6.45, 7) is 8.97. The lowest BCUT2D eigenvalue weighted by atomic mass is 10.0. The number of aryl methyl sites for hydroxylation is 2. The average molecular weight is 642 g/mol. The van der Waals surface area contributed by atoms with Gasteiger partial charge >= 0.3 is 0 Å². The summed E-state index contributed by atoms with van der Waals surface area (Å²) in [7, 11) is -2.60. The molecule has 0 unspecified atom stereocenters. The van der Waals surface area contributed by atoms with E-state index in [1.807, 2.05) is 83.1 Å². The summed E-state index contributed by atoms with van der Waals surface area (Å²) in [5, 5.41) is 3.05. The molecule has 0 radical (unpaired) electrons. The number of amides is 2. The quantitative estimate of drug-likeness (QED) is 0.203. The number of carbonyl (C=O) groups excluding carboxylic acids is 2. The van der Waals surface area contributed by atoms with Gasteiger partial charge in [0.05, 0.1) is 17.7 Å². The van der Waals surface area contributed by atoms with E-state index in [4.69, 9.17) is 4.74 Å². The Kier molecular flexibility index (Phi) is 10.9. The predicted molar refractivity (Wildman–Crippen MR) is 182 cm³/mol. The van der Waals surface area contributed by atoms with E-state index in [0.717, 1.165) is 26.6 Å². The van der Waals surface area contributed by atoms with Gasteiger partial charge in [0.15, 0.2) is 0 Å². The maximum Gasteiger partial charge on any atom is 0.264 e. The summed E-state index contributed by atoms with van der Waals surface area (Å²) < 4.78 is 34.9. The molecule has 0 saturated heterocycles. The van der Waals surface area contributed by atoms with E-state index in [2.05, 4.69) is 5.32 Å². The third kappa shape index (κ3) is 8.97. The van der Waals surface area contributed by atoms with E-state index in [9.17, 15) is 18.0 Å². The van der Waals surface area contributed by atoms with Crippen LogP contribution in [0.1, 0.15) is 43.0 Å². The van der Waals surface area contributed by atoms with Crippen molar-refractivity contribution in [2.24, 2.45) is 0 Å². The zero-order valence-corrected chi connectivity index (χ0v) is 28.2. The highest BCUT2D eigenvalue weighted by atomic mass is 32.2. The van der Waals surface area contributed by atoms with Crippen molar-refractivity contribution < 1.29 is 22.7 Å². The van der Waals surface area contributed by atoms with Gasteiger partial charge in [0.2, 0.25) is 11.8 Å². The Hall–Kier alpha value is -4.63. The van der Waals surface area contributed by atoms with Crippen LogP contribution in [0.4, 0.5) is 5.69 Å². The molecule has 1 atom stereocenters. The van der Waals surface area contributed by atoms with Crippen molar-refractivity contribution in [1.29, 1.82) is 0 Å². The molecule has 0 aromatic heterocycles. The number of nitrogens with one attached hydrogen (secondary N) is 1. The highest BCUT2D eigenvalue weighted by Crippen LogP contribution is 2.26. The van der Waals surface area contributed by atoms with Crippen LogP contribution in [0, 0.1) is 13.8 Å². The predicted octanol–water partition coefficient (Wildman–Crippen LogP) is 6.06. The van der Waals surface area contributed by atoms with Gasteiger partial charge in [0.1, 0.15) is 18.3 Å². The number of sulfonamides is 1. The minimum atomic E-state index is -4.16. The van der Waals surface area contributed by atoms with Crippen LogP contribution in [0.3, 0.4) is 0 Å². The lowest BCUT2D eigenvalue weighted by Crippen LogP contribution is -2.56. The molecule has 4 aromatic carbocycles. The van der Waals surface area contributed by atoms with Crippen LogP contribution in [-0.2, 0) is 32.6 Å². The average Bonchev–Trinajstić information content (AvgIpc) is 3.02. The first kappa shape index (κ1) is 34.2. The molecule has 4 aromatic rings. The van der Waals surface area contributed by atoms with Crippen molar-refractivity contribution >= 4 is 27.5 Å². The smallest absolute Gasteiger partial charge is 0.264 e. The molecular weight excluding hydrogens is 598 g/mol. The second-order valence-electron chi connectivity index (χ2n) is 12.5. The fourth-order valence-corrected chi connectivity index (χ4v) is 6.47. The number of hydrogen-bond acceptors (Lipinski definition) is 5. The Morgan fingerprint density at radius 2 is 1.39 bits per heavy atom. The fraction of sp³-hybridized carbons (Fsp3) is 0.297. The van der Waals surface area contributed by atoms with Gasteiger partial charge in [-0.05, 0) is 82.1 Å². The molecule has 0 spiro atoms. The zero-order valence-electron chi connectivity index (χ0n) is 27.4. The summed E-state index contributed by atoms with van der Waals surface area (Å²) in [5.41, 5.74) is 3.23. The SMILES string of the molecule is COc1cccc(CN(C(=O)CN(c2ccc(C)cc2)S(=O)(=O)c2ccc(C)cc2)[C@@H](Cc2ccccc2)C(=O)NC(C)(C)C)c1. The number of rotatable bonds is 12. The molecule has 0 aliphatic carbocycles. The normalized spacial score (nSPS) is 12.2. The molecule has 9 heteroatoms. The van der Waals surface area contributed by atoms with Crippen LogP contribution in [0.25, 0.3) is 0 Å². The maximum absolute atomic E-state index is 14.6. The summed E-state index contributed by atoms with van der Waals surface area (Å²) in [5.74, 6) is -0.258. The van der Waals surface area contributed by atoms with E-state index in [0.29, 0.717) is 11.4 Å². The standard InChI is InChI=1S/C37H43N3O5S/c1-27-15-19-31(20-16-27)40(46(43,44)33-21-17-28(2)18-22-33)26-35(41)39(25-30-13-10-14-32(23-30)45-6)34(36(42)38-37(3,4)5)24-29-11-8-7-9-12-29/h7-23,34H,24-26H2,1-6H3,(H,38,42)/t34-/m0/s1. The monoisotopic (exact) mass is 641 g/mol. The molecule has 0 heterocycles. The van der Waals surface area contributed by atoms with Crippen LogP contribution in [-0.4, -0.2) is 50.4 Å². The van der Waals surface area contributed by atoms with Crippen molar-refractivity contribution in [2.75, 3.05) is 18.0 Å². The van der Waals surface area contributed by atoms with Gasteiger partial charge in [-0.15, -0.1) is 0 Å². The van der Waals surface area contributed by atoms with Crippen molar-refractivity contribution in [3.8, 4) is 5.75 Å². The topological polar surface area (TPSA) is 96.0 Å². The Balaban J connectivity index is 1.82. The summed E-state index contributed by atoms with van der Waals surface area (Å²) in [6, 6.07) is 29.3. The third-order valence-electron chi connectivity index (χ3n) is 7.47. The van der Waals surface area contributed by atoms with E-state index < -0.39 is 34.1 Å². The van der Waals surface area contributed by atoms with Gasteiger partial charge < -0.3 is 15.0 Å². The Labute approximate surface area is 273 Å². The second-order valence-corrected chi connectivity index (χ2v) is 14.3. The lowest BCUT2D eigenvalue weighted by molar-refractivity contribution is -0.140. The highest BCUT2D eigenvalue weighted by Gasteiger charge is 2.35. The van der Waals surface area contributed by atoms with Gasteiger partial charge in [-0.2, -0.15) is 0 Å². The van der Waals surface area contributed by atoms with Crippen molar-refractivity contribution in [2.45, 2.75) is 64.1 Å². The molecule has 0 aliphatic heterocycles. The van der Waals surface area contributed by atoms with Crippen molar-refractivity contribution in [3.63, 3.8) is 0 Å². The van der Waals surface area contributed by atoms with Crippen molar-refractivity contribution in [3.05, 3.63) is 125 Å². The van der Waals surface area contributed by atoms with Gasteiger partial charge in [-0.3, -0.25) is 13.9 Å². The van der Waals surface area contributed by atoms with E-state index >= 15 is 0 Å². The molecule has 242 valence electrons. The highest BCUT2D eigenvalue weighted by molar-refractivity contribution is 7.92. The number of methoxy groups -OCH3 is 1. The molecule has 0 fully saturated rings. The molecular formula is C37H43N3O5S. The zero-order chi connectivity index (χ0) is 33.5. The Bertz CT molecular complexity index is 1730. The van der Waals surface area contributed by atoms with Gasteiger partial charge in [0, 0.05) is 18.5 Å². The third-order valence-corrected chi connectivity index (χ3v) is 9.25. The van der Waals surface area contributed by atoms with Crippen LogP contribution in [0.5, 0.6) is 5.75 Å². The van der Waals surface area contributed by atoms with Crippen molar-refractivity contribution in [1.82, 2.24) is 10.2 Å². The molecule has 2 amide bonds. The van der Waals surface area contributed by atoms with E-state index in [-0.39, 0.29) is 23.8 Å². The maximum atomic E-state index is 14.6. The Morgan fingerprint density at radius 3 is 1.98 bits per heavy atom. The first-order chi connectivity index (χ1) is 21.8. The van der Waals surface area contributed by atoms with Crippen LogP contribution in [0.15, 0.2) is 108 Å². The van der Waals surface area contributed by atoms with Crippen LogP contribution in [0.2, 0.25) is 0 Å². The molecule has 0 bridgehead atoms. The number of ether oxygens (including phenoxy) is 1. The number of anilines is 1. The van der Waals surface area contributed by atoms with Crippen LogP contribution < -0.4 is 14.4 Å². The first-order valence-electron chi connectivity index (χ1n) is 15.2. The fourth-order valence-electron chi connectivity index (χ4n) is 5.05. The molecule has 46 heavy (non-hydrogen) atoms. The van der Waals surface area contributed by atoms with E-state index in [1.165, 1.54) is 4.90 Å². The van der Waals surface area contributed by atoms with Gasteiger partial charge in [-0.25, -0.2) is 8.42 Å². The number of carbonyl (C=O) groups is 2. The minimum Gasteiger partial charge on any atom is -0.497 e. The number of nitrogens with zero attached hydrogens (tertiary/aromatic N) is 2. The summed E-state index contributed by atoms with van der Waals surface area (Å²) >= 11 is 0. The largest absolute Gasteiger partial charge is 0.497 e. The molecule has 1 N–H and O–H groups in total.